The molecule has 1 amide bonds. The van der Waals surface area contributed by atoms with E-state index in [1.165, 1.54) is 4.90 Å². The summed E-state index contributed by atoms with van der Waals surface area (Å²) in [7, 11) is 0. The number of carbonyl (C=O) groups is 1. The Hall–Kier alpha value is -3.79. The zero-order valence-corrected chi connectivity index (χ0v) is 20.8. The molecule has 0 bridgehead atoms. The minimum Gasteiger partial charge on any atom is -0.508 e. The summed E-state index contributed by atoms with van der Waals surface area (Å²) < 4.78 is 6.07. The summed E-state index contributed by atoms with van der Waals surface area (Å²) in [6, 6.07) is 11.8. The van der Waals surface area contributed by atoms with Crippen LogP contribution in [0.1, 0.15) is 24.1 Å². The maximum atomic E-state index is 11.6. The van der Waals surface area contributed by atoms with Crippen molar-refractivity contribution in [2.45, 2.75) is 31.8 Å². The van der Waals surface area contributed by atoms with Crippen LogP contribution in [0.5, 0.6) is 11.8 Å². The molecule has 2 fully saturated rings. The standard InChI is InChI=1S/C27H32N6O4/c34-20-14-18-4-1-2-6-21(18)24(15-20)32-11-7-22-23(16-32)29-26(30-25(22)31-12-8-28-9-13-31)37-17-19-5-3-10-33(19)27(35)36/h1-2,4,6,14-15,19,28,34H,3,5,7-13,16-17H2,(H,35,36). The maximum absolute atomic E-state index is 11.6. The fraction of sp³-hybridized carbons (Fsp3) is 0.444. The van der Waals surface area contributed by atoms with Crippen molar-refractivity contribution in [3.05, 3.63) is 47.7 Å². The number of anilines is 2. The lowest BCUT2D eigenvalue weighted by molar-refractivity contribution is 0.121. The number of nitrogens with zero attached hydrogens (tertiary/aromatic N) is 5. The molecule has 3 N–H and O–H groups in total. The van der Waals surface area contributed by atoms with E-state index in [4.69, 9.17) is 14.7 Å². The number of likely N-dealkylation sites (tertiary alicyclic amines) is 1. The zero-order chi connectivity index (χ0) is 25.4. The summed E-state index contributed by atoms with van der Waals surface area (Å²) in [5.41, 5.74) is 3.04. The van der Waals surface area contributed by atoms with Crippen molar-refractivity contribution in [1.29, 1.82) is 0 Å². The first kappa shape index (κ1) is 23.6. The molecular formula is C27H32N6O4. The van der Waals surface area contributed by atoms with Gasteiger partial charge in [-0.3, -0.25) is 0 Å². The van der Waals surface area contributed by atoms with E-state index in [-0.39, 0.29) is 18.4 Å². The van der Waals surface area contributed by atoms with Crippen molar-refractivity contribution in [2.24, 2.45) is 0 Å². The monoisotopic (exact) mass is 504 g/mol. The Kier molecular flexibility index (Phi) is 6.33. The normalized spacial score (nSPS) is 19.8. The first-order valence-corrected chi connectivity index (χ1v) is 13.0. The number of hydrogen-bond donors (Lipinski definition) is 3. The third-order valence-corrected chi connectivity index (χ3v) is 7.63. The minimum absolute atomic E-state index is 0.185. The van der Waals surface area contributed by atoms with Crippen LogP contribution in [0.15, 0.2) is 36.4 Å². The van der Waals surface area contributed by atoms with Gasteiger partial charge in [-0.05, 0) is 30.7 Å². The Morgan fingerprint density at radius 1 is 1.08 bits per heavy atom. The molecule has 2 saturated heterocycles. The van der Waals surface area contributed by atoms with Crippen LogP contribution < -0.4 is 19.9 Å². The number of benzene rings is 2. The summed E-state index contributed by atoms with van der Waals surface area (Å²) in [5, 5.41) is 25.4. The molecule has 10 heteroatoms. The van der Waals surface area contributed by atoms with E-state index in [2.05, 4.69) is 21.2 Å². The smallest absolute Gasteiger partial charge is 0.407 e. The van der Waals surface area contributed by atoms with Gasteiger partial charge in [0.05, 0.1) is 18.3 Å². The van der Waals surface area contributed by atoms with E-state index in [0.29, 0.717) is 19.1 Å². The minimum atomic E-state index is -0.909. The number of phenolic OH excluding ortho intramolecular Hbond substituents is 1. The van der Waals surface area contributed by atoms with Gasteiger partial charge in [-0.1, -0.05) is 24.3 Å². The van der Waals surface area contributed by atoms with Gasteiger partial charge in [0.15, 0.2) is 0 Å². The van der Waals surface area contributed by atoms with Gasteiger partial charge in [0.1, 0.15) is 18.2 Å². The Labute approximate surface area is 215 Å². The quantitative estimate of drug-likeness (QED) is 0.483. The highest BCUT2D eigenvalue weighted by Crippen LogP contribution is 2.36. The SMILES string of the molecule is O=C(O)N1CCCC1COc1nc2c(c(N3CCNCC3)n1)CCN(c1cc(O)cc3ccccc13)C2. The molecule has 3 aromatic rings. The first-order valence-electron chi connectivity index (χ1n) is 13.0. The van der Waals surface area contributed by atoms with Gasteiger partial charge in [0, 0.05) is 62.0 Å². The molecule has 0 radical (unpaired) electrons. The van der Waals surface area contributed by atoms with Crippen LogP contribution in [-0.4, -0.2) is 83.1 Å². The van der Waals surface area contributed by atoms with Gasteiger partial charge in [-0.2, -0.15) is 9.97 Å². The second kappa shape index (κ2) is 9.93. The second-order valence-electron chi connectivity index (χ2n) is 9.93. The fourth-order valence-electron chi connectivity index (χ4n) is 5.77. The van der Waals surface area contributed by atoms with E-state index >= 15 is 0 Å². The molecule has 37 heavy (non-hydrogen) atoms. The number of ether oxygens (including phenoxy) is 1. The number of rotatable bonds is 5. The van der Waals surface area contributed by atoms with Crippen LogP contribution in [0.2, 0.25) is 0 Å². The van der Waals surface area contributed by atoms with Gasteiger partial charge < -0.3 is 35.0 Å². The molecule has 1 aromatic heterocycles. The van der Waals surface area contributed by atoms with Gasteiger partial charge in [0.25, 0.3) is 0 Å². The predicted molar refractivity (Wildman–Crippen MR) is 141 cm³/mol. The number of phenols is 1. The number of aromatic nitrogens is 2. The summed E-state index contributed by atoms with van der Waals surface area (Å²) in [5.74, 6) is 1.16. The molecule has 0 spiro atoms. The van der Waals surface area contributed by atoms with Crippen molar-refractivity contribution in [3.8, 4) is 11.8 Å². The van der Waals surface area contributed by atoms with Crippen LogP contribution in [0, 0.1) is 0 Å². The third kappa shape index (κ3) is 4.69. The Balaban J connectivity index is 1.32. The third-order valence-electron chi connectivity index (χ3n) is 7.63. The molecule has 4 heterocycles. The number of aromatic hydroxyl groups is 1. The topological polar surface area (TPSA) is 114 Å². The Morgan fingerprint density at radius 2 is 1.92 bits per heavy atom. The van der Waals surface area contributed by atoms with Crippen LogP contribution in [-0.2, 0) is 13.0 Å². The fourth-order valence-corrected chi connectivity index (χ4v) is 5.77. The van der Waals surface area contributed by atoms with E-state index < -0.39 is 6.09 Å². The molecule has 10 nitrogen and oxygen atoms in total. The molecule has 0 saturated carbocycles. The summed E-state index contributed by atoms with van der Waals surface area (Å²) in [4.78, 5) is 27.2. The molecular weight excluding hydrogens is 472 g/mol. The molecule has 0 aliphatic carbocycles. The van der Waals surface area contributed by atoms with E-state index in [9.17, 15) is 15.0 Å². The summed E-state index contributed by atoms with van der Waals surface area (Å²) >= 11 is 0. The Morgan fingerprint density at radius 3 is 2.76 bits per heavy atom. The number of amides is 1. The number of nitrogens with one attached hydrogen (secondary N) is 1. The van der Waals surface area contributed by atoms with Crippen molar-refractivity contribution in [3.63, 3.8) is 0 Å². The van der Waals surface area contributed by atoms with Crippen LogP contribution >= 0.6 is 0 Å². The zero-order valence-electron chi connectivity index (χ0n) is 20.8. The lowest BCUT2D eigenvalue weighted by atomic mass is 10.0. The lowest BCUT2D eigenvalue weighted by Crippen LogP contribution is -2.45. The summed E-state index contributed by atoms with van der Waals surface area (Å²) in [6.07, 6.45) is 1.49. The van der Waals surface area contributed by atoms with E-state index in [0.717, 1.165) is 85.5 Å². The number of piperazine rings is 1. The average molecular weight is 505 g/mol. The average Bonchev–Trinajstić information content (AvgIpc) is 3.40. The predicted octanol–water partition coefficient (Wildman–Crippen LogP) is 2.83. The number of fused-ring (bicyclic) bond motifs is 2. The van der Waals surface area contributed by atoms with Crippen molar-refractivity contribution in [1.82, 2.24) is 20.2 Å². The Bertz CT molecular complexity index is 1310. The number of hydrogen-bond acceptors (Lipinski definition) is 8. The molecule has 1 atom stereocenters. The van der Waals surface area contributed by atoms with Crippen LogP contribution in [0.25, 0.3) is 10.8 Å². The van der Waals surface area contributed by atoms with Crippen molar-refractivity contribution >= 4 is 28.4 Å². The summed E-state index contributed by atoms with van der Waals surface area (Å²) in [6.45, 7) is 5.65. The maximum Gasteiger partial charge on any atom is 0.407 e. The molecule has 6 rings (SSSR count). The van der Waals surface area contributed by atoms with Crippen LogP contribution in [0.4, 0.5) is 16.3 Å². The highest BCUT2D eigenvalue weighted by atomic mass is 16.5. The highest BCUT2D eigenvalue weighted by Gasteiger charge is 2.31. The van der Waals surface area contributed by atoms with Crippen molar-refractivity contribution < 1.29 is 19.7 Å². The molecule has 2 aromatic carbocycles. The lowest BCUT2D eigenvalue weighted by Gasteiger charge is -2.35. The van der Waals surface area contributed by atoms with E-state index in [1.54, 1.807) is 6.07 Å². The van der Waals surface area contributed by atoms with Gasteiger partial charge >= 0.3 is 12.1 Å². The number of carboxylic acid groups (broad SMARTS) is 1. The first-order chi connectivity index (χ1) is 18.1. The second-order valence-corrected chi connectivity index (χ2v) is 9.93. The van der Waals surface area contributed by atoms with Crippen LogP contribution in [0.3, 0.4) is 0 Å². The molecule has 1 unspecified atom stereocenters. The van der Waals surface area contributed by atoms with Gasteiger partial charge in [-0.25, -0.2) is 4.79 Å². The van der Waals surface area contributed by atoms with E-state index in [1.807, 2.05) is 24.3 Å². The van der Waals surface area contributed by atoms with Crippen molar-refractivity contribution in [2.75, 3.05) is 55.7 Å². The molecule has 3 aliphatic rings. The molecule has 194 valence electrons. The highest BCUT2D eigenvalue weighted by molar-refractivity contribution is 5.95. The molecule has 3 aliphatic heterocycles. The van der Waals surface area contributed by atoms with Gasteiger partial charge in [-0.15, -0.1) is 0 Å². The van der Waals surface area contributed by atoms with Gasteiger partial charge in [0.2, 0.25) is 0 Å². The largest absolute Gasteiger partial charge is 0.508 e.